The van der Waals surface area contributed by atoms with Crippen LogP contribution in [0, 0.1) is 12.8 Å². The maximum Gasteiger partial charge on any atom is 0.410 e. The van der Waals surface area contributed by atoms with E-state index >= 15 is 0 Å². The van der Waals surface area contributed by atoms with Crippen LogP contribution in [0.4, 0.5) is 15.3 Å². The minimum absolute atomic E-state index is 0.00366. The van der Waals surface area contributed by atoms with Crippen molar-refractivity contribution in [1.82, 2.24) is 55.3 Å². The lowest BCUT2D eigenvalue weighted by Crippen LogP contribution is -2.54. The standard InChI is InChI=1S/C49H59N13O8/c1-30(2)42(57-39(63)12-5-4-6-24-61-40(64)19-20-41(61)65)47(67)56-37(11-8-23-51-48(50)68)46(66)55-35-16-13-32(14-17-35)28-70-49(69)60-25-21-33(22-26-60)45-58-43(34-15-18-38-52-29-53-62(38)27-34)44(59-45)36-10-7-9-31(3)54-36/h7,9-10,13-20,27,29-30,33,37,42H,4-6,8,11-12,21-26,28H2,1-3H3,(H,55,66)(H,56,67)(H,57,63)(H,58,59)(H3,50,51,68)/t37?,42-/m0/s1. The lowest BCUT2D eigenvalue weighted by molar-refractivity contribution is -0.137. The molecule has 1 fully saturated rings. The van der Waals surface area contributed by atoms with Gasteiger partial charge in [0, 0.05) is 73.8 Å². The van der Waals surface area contributed by atoms with Crippen molar-refractivity contribution in [3.8, 4) is 22.6 Å². The van der Waals surface area contributed by atoms with Gasteiger partial charge in [0.15, 0.2) is 5.65 Å². The van der Waals surface area contributed by atoms with Gasteiger partial charge in [0.25, 0.3) is 11.8 Å². The molecule has 70 heavy (non-hydrogen) atoms. The Kier molecular flexibility index (Phi) is 16.7. The number of rotatable bonds is 21. The summed E-state index contributed by atoms with van der Waals surface area (Å²) in [6.45, 7) is 6.87. The molecule has 4 aromatic heterocycles. The number of primary amides is 1. The number of likely N-dealkylation sites (tertiary alicyclic amines) is 1. The van der Waals surface area contributed by atoms with E-state index in [9.17, 15) is 33.6 Å². The topological polar surface area (TPSA) is 281 Å². The van der Waals surface area contributed by atoms with E-state index in [1.165, 1.54) is 18.5 Å². The van der Waals surface area contributed by atoms with Crippen molar-refractivity contribution in [2.24, 2.45) is 11.7 Å². The molecule has 5 aromatic rings. The number of ether oxygens (including phenoxy) is 1. The summed E-state index contributed by atoms with van der Waals surface area (Å²) in [5, 5.41) is 15.2. The molecule has 7 rings (SSSR count). The summed E-state index contributed by atoms with van der Waals surface area (Å²) in [4.78, 5) is 109. The van der Waals surface area contributed by atoms with Crippen LogP contribution in [-0.2, 0) is 35.3 Å². The SMILES string of the molecule is Cc1cccc(-c2nc(C3CCN(C(=O)OCc4ccc(NC(=O)C(CCCNC(N)=O)NC(=O)[C@@H](NC(=O)CCCCCN5C(=O)C=CC5=O)C(C)C)cc4)CC3)[nH]c2-c2ccc3ncnn3c2)n1. The summed E-state index contributed by atoms with van der Waals surface area (Å²) in [6, 6.07) is 13.8. The molecule has 21 heteroatoms. The quantitative estimate of drug-likeness (QED) is 0.0438. The second-order valence-electron chi connectivity index (χ2n) is 17.7. The summed E-state index contributed by atoms with van der Waals surface area (Å²) in [6.07, 6.45) is 8.97. The summed E-state index contributed by atoms with van der Waals surface area (Å²) in [7, 11) is 0. The van der Waals surface area contributed by atoms with E-state index in [4.69, 9.17) is 20.4 Å². The molecule has 2 aliphatic heterocycles. The van der Waals surface area contributed by atoms with Gasteiger partial charge >= 0.3 is 12.1 Å². The molecule has 2 atom stereocenters. The first-order chi connectivity index (χ1) is 33.7. The number of benzene rings is 1. The predicted molar refractivity (Wildman–Crippen MR) is 257 cm³/mol. The van der Waals surface area contributed by atoms with Crippen LogP contribution >= 0.6 is 0 Å². The third kappa shape index (κ3) is 13.2. The van der Waals surface area contributed by atoms with Crippen LogP contribution in [0.25, 0.3) is 28.3 Å². The highest BCUT2D eigenvalue weighted by Crippen LogP contribution is 2.34. The average molecular weight is 958 g/mol. The number of H-pyrrole nitrogens is 1. The molecular weight excluding hydrogens is 899 g/mol. The van der Waals surface area contributed by atoms with Gasteiger partial charge in [-0.15, -0.1) is 0 Å². The van der Waals surface area contributed by atoms with Crippen LogP contribution in [0.15, 0.2) is 79.3 Å². The van der Waals surface area contributed by atoms with Gasteiger partial charge in [-0.1, -0.05) is 38.5 Å². The molecule has 0 saturated carbocycles. The highest BCUT2D eigenvalue weighted by atomic mass is 16.6. The fourth-order valence-electron chi connectivity index (χ4n) is 8.32. The zero-order valence-corrected chi connectivity index (χ0v) is 39.5. The Bertz CT molecular complexity index is 2710. The number of aromatic amines is 1. The van der Waals surface area contributed by atoms with E-state index < -0.39 is 36.0 Å². The zero-order chi connectivity index (χ0) is 49.7. The molecule has 8 amide bonds. The van der Waals surface area contributed by atoms with Crippen LogP contribution in [0.2, 0.25) is 0 Å². The minimum atomic E-state index is -1.03. The average Bonchev–Trinajstić information content (AvgIpc) is 4.09. The molecule has 0 bridgehead atoms. The largest absolute Gasteiger partial charge is 0.445 e. The van der Waals surface area contributed by atoms with Crippen molar-refractivity contribution in [3.05, 3.63) is 96.4 Å². The first-order valence-electron chi connectivity index (χ1n) is 23.5. The summed E-state index contributed by atoms with van der Waals surface area (Å²) >= 11 is 0. The highest BCUT2D eigenvalue weighted by Gasteiger charge is 2.31. The second-order valence-corrected chi connectivity index (χ2v) is 17.7. The number of carbonyl (C=O) groups excluding carboxylic acids is 7. The number of hydrogen-bond donors (Lipinski definition) is 6. The Hall–Kier alpha value is -7.97. The Morgan fingerprint density at radius 3 is 2.36 bits per heavy atom. The number of hydrogen-bond acceptors (Lipinski definition) is 12. The molecule has 1 aromatic carbocycles. The van der Waals surface area contributed by atoms with E-state index in [0.717, 1.165) is 44.7 Å². The summed E-state index contributed by atoms with van der Waals surface area (Å²) in [5.41, 5.74) is 11.1. The number of carbonyl (C=O) groups is 7. The van der Waals surface area contributed by atoms with Crippen molar-refractivity contribution in [2.45, 2.75) is 96.7 Å². The fourth-order valence-corrected chi connectivity index (χ4v) is 8.32. The zero-order valence-electron chi connectivity index (χ0n) is 39.5. The van der Waals surface area contributed by atoms with Gasteiger partial charge in [-0.05, 0) is 93.3 Å². The number of piperidine rings is 1. The van der Waals surface area contributed by atoms with Crippen LogP contribution in [0.5, 0.6) is 0 Å². The van der Waals surface area contributed by atoms with E-state index in [0.29, 0.717) is 62.9 Å². The van der Waals surface area contributed by atoms with Gasteiger partial charge in [0.05, 0.1) is 11.4 Å². The molecular formula is C49H59N13O8. The van der Waals surface area contributed by atoms with Gasteiger partial charge in [0.2, 0.25) is 17.7 Å². The smallest absolute Gasteiger partial charge is 0.410 e. The molecule has 1 saturated heterocycles. The van der Waals surface area contributed by atoms with Crippen molar-refractivity contribution in [2.75, 3.05) is 31.5 Å². The minimum Gasteiger partial charge on any atom is -0.445 e. The molecule has 0 spiro atoms. The van der Waals surface area contributed by atoms with Gasteiger partial charge in [-0.3, -0.25) is 33.9 Å². The molecule has 0 aliphatic carbocycles. The molecule has 1 unspecified atom stereocenters. The van der Waals surface area contributed by atoms with Crippen molar-refractivity contribution >= 4 is 53.0 Å². The van der Waals surface area contributed by atoms with Gasteiger partial charge in [-0.2, -0.15) is 5.10 Å². The summed E-state index contributed by atoms with van der Waals surface area (Å²) in [5.74, 6) is -1.56. The predicted octanol–water partition coefficient (Wildman–Crippen LogP) is 4.50. The third-order valence-electron chi connectivity index (χ3n) is 12.2. The van der Waals surface area contributed by atoms with E-state index in [2.05, 4.69) is 36.3 Å². The van der Waals surface area contributed by atoms with E-state index in [1.807, 2.05) is 43.5 Å². The maximum atomic E-state index is 13.6. The van der Waals surface area contributed by atoms with Gasteiger partial charge in [0.1, 0.15) is 36.5 Å². The first-order valence-corrected chi connectivity index (χ1v) is 23.5. The lowest BCUT2D eigenvalue weighted by atomic mass is 9.96. The Balaban J connectivity index is 0.889. The number of anilines is 1. The van der Waals surface area contributed by atoms with Crippen LogP contribution < -0.4 is 27.0 Å². The van der Waals surface area contributed by atoms with E-state index in [1.54, 1.807) is 47.5 Å². The number of urea groups is 1. The summed E-state index contributed by atoms with van der Waals surface area (Å²) < 4.78 is 7.42. The number of imidazole rings is 1. The van der Waals surface area contributed by atoms with E-state index in [-0.39, 0.29) is 62.1 Å². The van der Waals surface area contributed by atoms with Crippen molar-refractivity contribution in [3.63, 3.8) is 0 Å². The van der Waals surface area contributed by atoms with Crippen LogP contribution in [0.1, 0.15) is 88.2 Å². The fraction of sp³-hybridized carbons (Fsp3) is 0.408. The Labute approximate surface area is 404 Å². The molecule has 368 valence electrons. The number of imide groups is 1. The highest BCUT2D eigenvalue weighted by molar-refractivity contribution is 6.12. The number of nitrogens with one attached hydrogen (secondary N) is 5. The van der Waals surface area contributed by atoms with Crippen LogP contribution in [-0.4, -0.2) is 119 Å². The van der Waals surface area contributed by atoms with Gasteiger partial charge < -0.3 is 41.6 Å². The molecule has 7 N–H and O–H groups in total. The number of aryl methyl sites for hydroxylation is 1. The second kappa shape index (κ2) is 23.4. The number of fused-ring (bicyclic) bond motifs is 1. The number of nitrogens with two attached hydrogens (primary N) is 1. The normalized spacial score (nSPS) is 14.7. The Morgan fingerprint density at radius 1 is 0.886 bits per heavy atom. The van der Waals surface area contributed by atoms with Crippen molar-refractivity contribution < 1.29 is 38.3 Å². The van der Waals surface area contributed by atoms with Gasteiger partial charge in [-0.25, -0.2) is 24.1 Å². The molecule has 0 radical (unpaired) electrons. The molecule has 2 aliphatic rings. The van der Waals surface area contributed by atoms with Crippen molar-refractivity contribution in [1.29, 1.82) is 0 Å². The monoisotopic (exact) mass is 957 g/mol. The maximum absolute atomic E-state index is 13.6. The van der Waals surface area contributed by atoms with Crippen LogP contribution in [0.3, 0.4) is 0 Å². The number of aromatic nitrogens is 6. The number of pyridine rings is 2. The number of unbranched alkanes of at least 4 members (excludes halogenated alkanes) is 2. The third-order valence-corrected chi connectivity index (χ3v) is 12.2. The Morgan fingerprint density at radius 2 is 1.64 bits per heavy atom. The first kappa shape index (κ1) is 49.9. The lowest BCUT2D eigenvalue weighted by Gasteiger charge is -2.30. The molecule has 21 nitrogen and oxygen atoms in total. The number of nitrogens with zero attached hydrogens (tertiary/aromatic N) is 7. The molecule has 6 heterocycles. The number of amides is 8.